The van der Waals surface area contributed by atoms with E-state index in [1.807, 2.05) is 0 Å². The number of halogens is 1. The first kappa shape index (κ1) is 17.5. The fraction of sp³-hybridized carbons (Fsp3) is 0.368. The summed E-state index contributed by atoms with van der Waals surface area (Å²) in [4.78, 5) is 0. The summed E-state index contributed by atoms with van der Waals surface area (Å²) in [7, 11) is -1.44. The molecule has 0 N–H and O–H groups in total. The molecule has 0 heterocycles. The molecule has 2 aromatic rings. The lowest BCUT2D eigenvalue weighted by Crippen LogP contribution is -2.42. The fourth-order valence-corrected chi connectivity index (χ4v) is 5.56. The summed E-state index contributed by atoms with van der Waals surface area (Å²) in [6.45, 7) is 7.68. The van der Waals surface area contributed by atoms with Gasteiger partial charge in [0.2, 0.25) is 9.04 Å². The molecule has 1 unspecified atom stereocenters. The highest BCUT2D eigenvalue weighted by atomic mass is 79.9. The Morgan fingerprint density at radius 3 is 2.05 bits per heavy atom. The van der Waals surface area contributed by atoms with Gasteiger partial charge < -0.3 is 4.43 Å². The second-order valence-electron chi connectivity index (χ2n) is 6.73. The molecule has 118 valence electrons. The van der Waals surface area contributed by atoms with Crippen LogP contribution >= 0.6 is 15.9 Å². The Balaban J connectivity index is 1.97. The average molecular weight is 377 g/mol. The monoisotopic (exact) mass is 376 g/mol. The van der Waals surface area contributed by atoms with Crippen LogP contribution in [0, 0.1) is 0 Å². The van der Waals surface area contributed by atoms with Crippen molar-refractivity contribution in [3.8, 4) is 0 Å². The minimum Gasteiger partial charge on any atom is -0.415 e. The van der Waals surface area contributed by atoms with Crippen molar-refractivity contribution in [1.82, 2.24) is 0 Å². The van der Waals surface area contributed by atoms with Crippen LogP contribution in [0.5, 0.6) is 0 Å². The van der Waals surface area contributed by atoms with Crippen LogP contribution in [-0.2, 0) is 16.2 Å². The lowest BCUT2D eigenvalue weighted by molar-refractivity contribution is 0.314. The molecule has 1 nitrogen and oxygen atoms in total. The Kier molecular flexibility index (Phi) is 6.42. The van der Waals surface area contributed by atoms with Gasteiger partial charge in [-0.1, -0.05) is 91.3 Å². The van der Waals surface area contributed by atoms with Gasteiger partial charge in [-0.2, -0.15) is 0 Å². The molecule has 0 amide bonds. The van der Waals surface area contributed by atoms with Gasteiger partial charge in [-0.25, -0.2) is 0 Å². The molecule has 0 aliphatic carbocycles. The van der Waals surface area contributed by atoms with Crippen molar-refractivity contribution in [2.24, 2.45) is 0 Å². The predicted octanol–water partition coefficient (Wildman–Crippen LogP) is 4.57. The third kappa shape index (κ3) is 5.08. The molecule has 0 aliphatic heterocycles. The molecule has 0 bridgehead atoms. The Morgan fingerprint density at radius 2 is 1.50 bits per heavy atom. The minimum absolute atomic E-state index is 0.223. The largest absolute Gasteiger partial charge is 0.415 e. The number of hydrogen-bond acceptors (Lipinski definition) is 1. The van der Waals surface area contributed by atoms with Crippen LogP contribution < -0.4 is 5.19 Å². The summed E-state index contributed by atoms with van der Waals surface area (Å²) >= 11 is 3.48. The van der Waals surface area contributed by atoms with Crippen molar-refractivity contribution in [3.05, 3.63) is 65.7 Å². The number of hydrogen-bond donors (Lipinski definition) is 0. The molecule has 0 saturated carbocycles. The van der Waals surface area contributed by atoms with E-state index in [-0.39, 0.29) is 5.04 Å². The highest BCUT2D eigenvalue weighted by Gasteiger charge is 2.29. The third-order valence-electron chi connectivity index (χ3n) is 3.74. The van der Waals surface area contributed by atoms with Crippen molar-refractivity contribution >= 4 is 30.2 Å². The van der Waals surface area contributed by atoms with E-state index in [0.29, 0.717) is 0 Å². The van der Waals surface area contributed by atoms with Crippen molar-refractivity contribution in [2.75, 3.05) is 6.61 Å². The Bertz CT molecular complexity index is 560. The Hall–Kier alpha value is -0.903. The molecular formula is C19H25BrOSi. The summed E-state index contributed by atoms with van der Waals surface area (Å²) in [6.07, 6.45) is 0.981. The maximum atomic E-state index is 6.38. The summed E-state index contributed by atoms with van der Waals surface area (Å²) in [5, 5.41) is 2.53. The first-order chi connectivity index (χ1) is 10.5. The third-order valence-corrected chi connectivity index (χ3v) is 7.52. The van der Waals surface area contributed by atoms with E-state index in [4.69, 9.17) is 4.43 Å². The quantitative estimate of drug-likeness (QED) is 0.529. The SMILES string of the molecule is CC(C)(C)[SiH](OCCc1ccc(CBr)cc1)c1ccccc1. The van der Waals surface area contributed by atoms with E-state index in [0.717, 1.165) is 18.4 Å². The Labute approximate surface area is 144 Å². The molecule has 22 heavy (non-hydrogen) atoms. The van der Waals surface area contributed by atoms with Crippen LogP contribution in [0.2, 0.25) is 5.04 Å². The molecule has 0 aliphatic rings. The van der Waals surface area contributed by atoms with Crippen molar-refractivity contribution in [2.45, 2.75) is 37.6 Å². The van der Waals surface area contributed by atoms with Gasteiger partial charge in [0.1, 0.15) is 0 Å². The molecule has 1 atom stereocenters. The average Bonchev–Trinajstić information content (AvgIpc) is 2.52. The van der Waals surface area contributed by atoms with E-state index in [1.54, 1.807) is 0 Å². The lowest BCUT2D eigenvalue weighted by atomic mass is 10.1. The molecule has 0 saturated heterocycles. The van der Waals surface area contributed by atoms with E-state index in [9.17, 15) is 0 Å². The molecule has 0 radical (unpaired) electrons. The van der Waals surface area contributed by atoms with Gasteiger partial charge in [0.05, 0.1) is 0 Å². The number of alkyl halides is 1. The summed E-state index contributed by atoms with van der Waals surface area (Å²) in [6, 6.07) is 19.5. The number of rotatable bonds is 6. The van der Waals surface area contributed by atoms with Crippen LogP contribution in [0.4, 0.5) is 0 Å². The Morgan fingerprint density at radius 1 is 0.909 bits per heavy atom. The molecule has 2 rings (SSSR count). The lowest BCUT2D eigenvalue weighted by Gasteiger charge is -2.29. The molecule has 3 heteroatoms. The van der Waals surface area contributed by atoms with Crippen molar-refractivity contribution < 1.29 is 4.43 Å². The molecule has 0 spiro atoms. The standard InChI is InChI=1S/C19H25BrOSi/c1-19(2,3)22(18-7-5-4-6-8-18)21-14-13-16-9-11-17(15-20)12-10-16/h4-12,22H,13-15H2,1-3H3. The van der Waals surface area contributed by atoms with Gasteiger partial charge in [-0.15, -0.1) is 0 Å². The zero-order valence-corrected chi connectivity index (χ0v) is 16.4. The van der Waals surface area contributed by atoms with Gasteiger partial charge in [0, 0.05) is 11.9 Å². The van der Waals surface area contributed by atoms with Gasteiger partial charge >= 0.3 is 0 Å². The van der Waals surface area contributed by atoms with Crippen LogP contribution in [0.25, 0.3) is 0 Å². The summed E-state index contributed by atoms with van der Waals surface area (Å²) in [5.41, 5.74) is 2.66. The maximum absolute atomic E-state index is 6.38. The normalized spacial score (nSPS) is 13.1. The molecule has 0 fully saturated rings. The van der Waals surface area contributed by atoms with Gasteiger partial charge in [-0.3, -0.25) is 0 Å². The van der Waals surface area contributed by atoms with Crippen LogP contribution in [0.3, 0.4) is 0 Å². The number of benzene rings is 2. The zero-order chi connectivity index (χ0) is 16.0. The van der Waals surface area contributed by atoms with E-state index < -0.39 is 9.04 Å². The van der Waals surface area contributed by atoms with Gasteiger partial charge in [0.15, 0.2) is 0 Å². The molecule has 0 aromatic heterocycles. The van der Waals surface area contributed by atoms with Crippen LogP contribution in [0.15, 0.2) is 54.6 Å². The van der Waals surface area contributed by atoms with E-state index >= 15 is 0 Å². The molecular weight excluding hydrogens is 352 g/mol. The van der Waals surface area contributed by atoms with Crippen molar-refractivity contribution in [1.29, 1.82) is 0 Å². The maximum Gasteiger partial charge on any atom is 0.213 e. The van der Waals surface area contributed by atoms with Gasteiger partial charge in [-0.05, 0) is 27.8 Å². The predicted molar refractivity (Wildman–Crippen MR) is 102 cm³/mol. The second kappa shape index (κ2) is 8.09. The fourth-order valence-electron chi connectivity index (χ4n) is 2.56. The van der Waals surface area contributed by atoms with Gasteiger partial charge in [0.25, 0.3) is 0 Å². The van der Waals surface area contributed by atoms with Crippen LogP contribution in [0.1, 0.15) is 31.9 Å². The summed E-state index contributed by atoms with van der Waals surface area (Å²) < 4.78 is 6.38. The van der Waals surface area contributed by atoms with E-state index in [2.05, 4.69) is 91.3 Å². The highest BCUT2D eigenvalue weighted by Crippen LogP contribution is 2.27. The zero-order valence-electron chi connectivity index (χ0n) is 13.7. The van der Waals surface area contributed by atoms with E-state index in [1.165, 1.54) is 16.3 Å². The second-order valence-corrected chi connectivity index (χ2v) is 10.8. The van der Waals surface area contributed by atoms with Crippen molar-refractivity contribution in [3.63, 3.8) is 0 Å². The van der Waals surface area contributed by atoms with Crippen LogP contribution in [-0.4, -0.2) is 15.6 Å². The minimum atomic E-state index is -1.44. The smallest absolute Gasteiger partial charge is 0.213 e. The topological polar surface area (TPSA) is 9.23 Å². The highest BCUT2D eigenvalue weighted by molar-refractivity contribution is 9.08. The molecule has 2 aromatic carbocycles. The first-order valence-electron chi connectivity index (χ1n) is 7.81. The first-order valence-corrected chi connectivity index (χ1v) is 10.6. The summed E-state index contributed by atoms with van der Waals surface area (Å²) in [5.74, 6) is 0.